The lowest BCUT2D eigenvalue weighted by atomic mass is 10.2. The summed E-state index contributed by atoms with van der Waals surface area (Å²) in [7, 11) is -3.95. The van der Waals surface area contributed by atoms with Gasteiger partial charge in [-0.3, -0.25) is 0 Å². The fourth-order valence-electron chi connectivity index (χ4n) is 1.95. The molecule has 0 aliphatic rings. The van der Waals surface area contributed by atoms with Crippen LogP contribution in [0.5, 0.6) is 11.5 Å². The maximum absolute atomic E-state index is 12.5. The molecule has 0 aromatic heterocycles. The number of sulfone groups is 1. The van der Waals surface area contributed by atoms with Crippen molar-refractivity contribution in [3.05, 3.63) is 47.5 Å². The van der Waals surface area contributed by atoms with Crippen molar-refractivity contribution in [3.63, 3.8) is 0 Å². The molecule has 100 valence electrons. The second kappa shape index (κ2) is 4.59. The molecule has 0 unspecified atom stereocenters. The van der Waals surface area contributed by atoms with Gasteiger partial charge >= 0.3 is 0 Å². The van der Waals surface area contributed by atoms with Gasteiger partial charge in [0, 0.05) is 0 Å². The highest BCUT2D eigenvalue weighted by Crippen LogP contribution is 2.35. The molecule has 0 fully saturated rings. The summed E-state index contributed by atoms with van der Waals surface area (Å²) in [6.45, 7) is 3.35. The number of benzene rings is 2. The van der Waals surface area contributed by atoms with Crippen molar-refractivity contribution >= 4 is 9.84 Å². The van der Waals surface area contributed by atoms with Crippen molar-refractivity contribution in [2.45, 2.75) is 23.6 Å². The van der Waals surface area contributed by atoms with Crippen molar-refractivity contribution in [1.29, 1.82) is 0 Å². The molecule has 5 heteroatoms. The summed E-state index contributed by atoms with van der Waals surface area (Å²) < 4.78 is 25.0. The Balaban J connectivity index is 2.73. The third-order valence-electron chi connectivity index (χ3n) is 2.86. The van der Waals surface area contributed by atoms with Gasteiger partial charge in [0.25, 0.3) is 0 Å². The largest absolute Gasteiger partial charge is 0.507 e. The first-order valence-electron chi connectivity index (χ1n) is 5.67. The molecule has 0 heterocycles. The minimum atomic E-state index is -3.95. The van der Waals surface area contributed by atoms with Crippen molar-refractivity contribution in [2.75, 3.05) is 0 Å². The van der Waals surface area contributed by atoms with Crippen LogP contribution < -0.4 is 0 Å². The lowest BCUT2D eigenvalue weighted by Gasteiger charge is -2.11. The van der Waals surface area contributed by atoms with Crippen LogP contribution in [0.2, 0.25) is 0 Å². The summed E-state index contributed by atoms with van der Waals surface area (Å²) in [5.74, 6) is -0.636. The number of hydrogen-bond donors (Lipinski definition) is 2. The molecule has 2 rings (SSSR count). The quantitative estimate of drug-likeness (QED) is 0.885. The topological polar surface area (TPSA) is 74.6 Å². The van der Waals surface area contributed by atoms with Gasteiger partial charge in [-0.05, 0) is 43.2 Å². The molecule has 0 saturated carbocycles. The summed E-state index contributed by atoms with van der Waals surface area (Å²) >= 11 is 0. The lowest BCUT2D eigenvalue weighted by Crippen LogP contribution is -2.05. The van der Waals surface area contributed by atoms with Gasteiger partial charge in [-0.25, -0.2) is 8.42 Å². The SMILES string of the molecule is Cc1ccc(S(=O)(=O)c2c(C)cccc2O)c(O)c1. The van der Waals surface area contributed by atoms with Crippen LogP contribution >= 0.6 is 0 Å². The predicted molar refractivity (Wildman–Crippen MR) is 71.1 cm³/mol. The molecular weight excluding hydrogens is 264 g/mol. The maximum Gasteiger partial charge on any atom is 0.214 e. The molecule has 19 heavy (non-hydrogen) atoms. The molecule has 0 spiro atoms. The third kappa shape index (κ3) is 2.29. The Kier molecular flexibility index (Phi) is 3.24. The van der Waals surface area contributed by atoms with E-state index >= 15 is 0 Å². The van der Waals surface area contributed by atoms with Gasteiger partial charge in [-0.15, -0.1) is 0 Å². The van der Waals surface area contributed by atoms with Gasteiger partial charge < -0.3 is 10.2 Å². The fourth-order valence-corrected chi connectivity index (χ4v) is 3.59. The van der Waals surface area contributed by atoms with E-state index in [1.165, 1.54) is 18.2 Å². The van der Waals surface area contributed by atoms with Crippen LogP contribution in [0.3, 0.4) is 0 Å². The third-order valence-corrected chi connectivity index (χ3v) is 4.86. The van der Waals surface area contributed by atoms with Gasteiger partial charge in [-0.1, -0.05) is 18.2 Å². The number of aromatic hydroxyl groups is 2. The Bertz CT molecular complexity index is 713. The summed E-state index contributed by atoms with van der Waals surface area (Å²) in [4.78, 5) is -0.378. The Labute approximate surface area is 111 Å². The average molecular weight is 278 g/mol. The van der Waals surface area contributed by atoms with Crippen LogP contribution in [0.1, 0.15) is 11.1 Å². The van der Waals surface area contributed by atoms with E-state index in [0.717, 1.165) is 5.56 Å². The number of phenolic OH excluding ortho intramolecular Hbond substituents is 2. The van der Waals surface area contributed by atoms with Gasteiger partial charge in [0.15, 0.2) is 0 Å². The molecule has 0 saturated heterocycles. The summed E-state index contributed by atoms with van der Waals surface area (Å²) in [5.41, 5.74) is 1.19. The Morgan fingerprint density at radius 2 is 1.63 bits per heavy atom. The number of phenols is 2. The zero-order valence-corrected chi connectivity index (χ0v) is 11.4. The lowest BCUT2D eigenvalue weighted by molar-refractivity contribution is 0.452. The predicted octanol–water partition coefficient (Wildman–Crippen LogP) is 2.55. The molecular formula is C14H14O4S. The molecule has 0 bridgehead atoms. The molecule has 0 aliphatic heterocycles. The van der Waals surface area contributed by atoms with Gasteiger partial charge in [0.1, 0.15) is 21.3 Å². The zero-order valence-electron chi connectivity index (χ0n) is 10.6. The second-order valence-electron chi connectivity index (χ2n) is 4.40. The van der Waals surface area contributed by atoms with E-state index in [1.807, 2.05) is 0 Å². The van der Waals surface area contributed by atoms with Gasteiger partial charge in [0.2, 0.25) is 9.84 Å². The molecule has 4 nitrogen and oxygen atoms in total. The molecule has 0 radical (unpaired) electrons. The van der Waals surface area contributed by atoms with Crippen molar-refractivity contribution in [3.8, 4) is 11.5 Å². The highest BCUT2D eigenvalue weighted by Gasteiger charge is 2.26. The average Bonchev–Trinajstić information content (AvgIpc) is 2.27. The van der Waals surface area contributed by atoms with E-state index in [0.29, 0.717) is 5.56 Å². The van der Waals surface area contributed by atoms with Crippen LogP contribution in [0, 0.1) is 13.8 Å². The highest BCUT2D eigenvalue weighted by molar-refractivity contribution is 7.91. The van der Waals surface area contributed by atoms with Crippen LogP contribution in [-0.2, 0) is 9.84 Å². The van der Waals surface area contributed by atoms with Crippen molar-refractivity contribution < 1.29 is 18.6 Å². The minimum Gasteiger partial charge on any atom is -0.507 e. The number of rotatable bonds is 2. The van der Waals surface area contributed by atoms with Crippen LogP contribution in [-0.4, -0.2) is 18.6 Å². The minimum absolute atomic E-state index is 0.172. The zero-order chi connectivity index (χ0) is 14.2. The summed E-state index contributed by atoms with van der Waals surface area (Å²) in [6, 6.07) is 8.79. The number of hydrogen-bond acceptors (Lipinski definition) is 4. The van der Waals surface area contributed by atoms with E-state index in [-0.39, 0.29) is 21.3 Å². The second-order valence-corrected chi connectivity index (χ2v) is 6.25. The van der Waals surface area contributed by atoms with E-state index in [4.69, 9.17) is 0 Å². The van der Waals surface area contributed by atoms with Crippen LogP contribution in [0.25, 0.3) is 0 Å². The molecule has 2 aromatic rings. The Morgan fingerprint density at radius 3 is 2.21 bits per heavy atom. The van der Waals surface area contributed by atoms with E-state index in [1.54, 1.807) is 32.0 Å². The summed E-state index contributed by atoms with van der Waals surface area (Å²) in [5, 5.41) is 19.6. The fraction of sp³-hybridized carbons (Fsp3) is 0.143. The molecule has 0 amide bonds. The van der Waals surface area contributed by atoms with Crippen LogP contribution in [0.4, 0.5) is 0 Å². The molecule has 0 aliphatic carbocycles. The first kappa shape index (κ1) is 13.4. The van der Waals surface area contributed by atoms with Crippen LogP contribution in [0.15, 0.2) is 46.2 Å². The normalized spacial score (nSPS) is 11.5. The standard InChI is InChI=1S/C14H14O4S/c1-9-6-7-13(12(16)8-9)19(17,18)14-10(2)4-3-5-11(14)15/h3-8,15-16H,1-2H3. The molecule has 2 N–H and O–H groups in total. The monoisotopic (exact) mass is 278 g/mol. The van der Waals surface area contributed by atoms with Crippen molar-refractivity contribution in [2.24, 2.45) is 0 Å². The maximum atomic E-state index is 12.5. The van der Waals surface area contributed by atoms with Gasteiger partial charge in [-0.2, -0.15) is 0 Å². The van der Waals surface area contributed by atoms with Crippen molar-refractivity contribution in [1.82, 2.24) is 0 Å². The smallest absolute Gasteiger partial charge is 0.214 e. The number of aryl methyl sites for hydroxylation is 2. The van der Waals surface area contributed by atoms with E-state index in [9.17, 15) is 18.6 Å². The molecule has 2 aromatic carbocycles. The van der Waals surface area contributed by atoms with E-state index < -0.39 is 9.84 Å². The first-order chi connectivity index (χ1) is 8.84. The Morgan fingerprint density at radius 1 is 0.947 bits per heavy atom. The highest BCUT2D eigenvalue weighted by atomic mass is 32.2. The first-order valence-corrected chi connectivity index (χ1v) is 7.15. The van der Waals surface area contributed by atoms with Gasteiger partial charge in [0.05, 0.1) is 0 Å². The summed E-state index contributed by atoms with van der Waals surface area (Å²) in [6.07, 6.45) is 0. The van der Waals surface area contributed by atoms with E-state index in [2.05, 4.69) is 0 Å². The molecule has 0 atom stereocenters. The Hall–Kier alpha value is -2.01.